The first kappa shape index (κ1) is 16.5. The molecule has 140 valence electrons. The van der Waals surface area contributed by atoms with E-state index in [0.29, 0.717) is 17.6 Å². The first-order valence-electron chi connectivity index (χ1n) is 9.40. The topological polar surface area (TPSA) is 75.2 Å². The van der Waals surface area contributed by atoms with Crippen LogP contribution in [-0.2, 0) is 4.74 Å². The van der Waals surface area contributed by atoms with Crippen molar-refractivity contribution in [2.24, 2.45) is 0 Å². The maximum absolute atomic E-state index is 13.1. The molecule has 4 heterocycles. The van der Waals surface area contributed by atoms with Crippen molar-refractivity contribution < 1.29 is 9.53 Å². The Hall–Kier alpha value is -2.64. The highest BCUT2D eigenvalue weighted by molar-refractivity contribution is 6.07. The van der Waals surface area contributed by atoms with Crippen LogP contribution in [0.4, 0.5) is 0 Å². The number of para-hydroxylation sites is 1. The van der Waals surface area contributed by atoms with Gasteiger partial charge in [-0.1, -0.05) is 18.2 Å². The number of nitrogens with one attached hydrogen (secondary N) is 2. The summed E-state index contributed by atoms with van der Waals surface area (Å²) in [6.07, 6.45) is 7.35. The molecule has 7 heteroatoms. The van der Waals surface area contributed by atoms with Gasteiger partial charge in [0.05, 0.1) is 36.2 Å². The van der Waals surface area contributed by atoms with Gasteiger partial charge in [0, 0.05) is 35.9 Å². The number of fused-ring (bicyclic) bond motifs is 3. The van der Waals surface area contributed by atoms with Crippen LogP contribution in [0.1, 0.15) is 23.2 Å². The van der Waals surface area contributed by atoms with Crippen LogP contribution in [0.2, 0.25) is 0 Å². The molecule has 0 saturated carbocycles. The average Bonchev–Trinajstić information content (AvgIpc) is 3.30. The average molecular weight is 365 g/mol. The van der Waals surface area contributed by atoms with Gasteiger partial charge in [0.15, 0.2) is 0 Å². The van der Waals surface area contributed by atoms with Gasteiger partial charge in [0.1, 0.15) is 0 Å². The monoisotopic (exact) mass is 365 g/mol. The van der Waals surface area contributed by atoms with Crippen molar-refractivity contribution in [3.8, 4) is 5.69 Å². The van der Waals surface area contributed by atoms with Crippen LogP contribution in [0, 0.1) is 0 Å². The van der Waals surface area contributed by atoms with Crippen molar-refractivity contribution in [2.45, 2.75) is 31.0 Å². The molecule has 7 nitrogen and oxygen atoms in total. The molecule has 0 aliphatic carbocycles. The summed E-state index contributed by atoms with van der Waals surface area (Å²) in [6, 6.07) is 8.93. The number of ether oxygens (including phenoxy) is 1. The molecule has 0 radical (unpaired) electrons. The first-order chi connectivity index (χ1) is 13.2. The van der Waals surface area contributed by atoms with E-state index >= 15 is 0 Å². The summed E-state index contributed by atoms with van der Waals surface area (Å²) in [4.78, 5) is 15.5. The fraction of sp³-hybridized carbons (Fsp3) is 0.400. The molecule has 27 heavy (non-hydrogen) atoms. The number of aromatic amines is 1. The van der Waals surface area contributed by atoms with Crippen molar-refractivity contribution in [1.29, 1.82) is 0 Å². The number of rotatable bonds is 3. The molecule has 2 aromatic heterocycles. The van der Waals surface area contributed by atoms with E-state index in [2.05, 4.69) is 27.5 Å². The van der Waals surface area contributed by atoms with Crippen molar-refractivity contribution in [2.75, 3.05) is 20.3 Å². The number of piperidine rings is 1. The molecular weight excluding hydrogens is 342 g/mol. The Balaban J connectivity index is 1.43. The molecule has 2 aliphatic heterocycles. The van der Waals surface area contributed by atoms with E-state index in [1.54, 1.807) is 6.20 Å². The van der Waals surface area contributed by atoms with Crippen LogP contribution in [0.3, 0.4) is 0 Å². The summed E-state index contributed by atoms with van der Waals surface area (Å²) in [5.41, 5.74) is 2.61. The van der Waals surface area contributed by atoms with E-state index in [0.717, 1.165) is 42.6 Å². The van der Waals surface area contributed by atoms with E-state index < -0.39 is 0 Å². The Labute approximate surface area is 157 Å². The molecule has 1 amide bonds. The van der Waals surface area contributed by atoms with E-state index in [4.69, 9.17) is 4.74 Å². The minimum atomic E-state index is -0.0120. The number of hydrogen-bond acceptors (Lipinski definition) is 4. The minimum Gasteiger partial charge on any atom is -0.378 e. The first-order valence-corrected chi connectivity index (χ1v) is 9.40. The SMILES string of the molecule is CN1C2COCC1CC(NC(=O)c1cn(-c3cn[nH]c3)c3ccccc13)C2. The number of nitrogens with zero attached hydrogens (tertiary/aromatic N) is 3. The van der Waals surface area contributed by atoms with Gasteiger partial charge in [0.25, 0.3) is 5.91 Å². The Morgan fingerprint density at radius 2 is 2.04 bits per heavy atom. The molecule has 5 rings (SSSR count). The number of likely N-dealkylation sites (N-methyl/N-ethyl adjacent to an activating group) is 1. The third-order valence-corrected chi connectivity index (χ3v) is 5.94. The van der Waals surface area contributed by atoms with Crippen LogP contribution in [0.25, 0.3) is 16.6 Å². The number of amides is 1. The van der Waals surface area contributed by atoms with Crippen molar-refractivity contribution in [3.05, 3.63) is 48.4 Å². The number of aromatic nitrogens is 3. The Kier molecular flexibility index (Phi) is 3.98. The molecule has 2 atom stereocenters. The standard InChI is InChI=1S/C20H23N5O2/c1-24-14-6-13(7-15(24)12-27-11-14)23-20(26)18-10-25(16-8-21-22-9-16)19-5-3-2-4-17(18)19/h2-5,8-10,13-15H,6-7,11-12H2,1H3,(H,21,22)(H,23,26). The number of H-pyrrole nitrogens is 1. The fourth-order valence-corrected chi connectivity index (χ4v) is 4.43. The van der Waals surface area contributed by atoms with E-state index in [-0.39, 0.29) is 11.9 Å². The van der Waals surface area contributed by atoms with E-state index in [1.807, 2.05) is 41.2 Å². The maximum atomic E-state index is 13.1. The van der Waals surface area contributed by atoms with Crippen LogP contribution in [0.15, 0.2) is 42.9 Å². The Morgan fingerprint density at radius 1 is 1.26 bits per heavy atom. The van der Waals surface area contributed by atoms with Gasteiger partial charge >= 0.3 is 0 Å². The summed E-state index contributed by atoms with van der Waals surface area (Å²) in [5.74, 6) is -0.0120. The summed E-state index contributed by atoms with van der Waals surface area (Å²) < 4.78 is 7.69. The number of morpholine rings is 1. The molecule has 2 bridgehead atoms. The predicted octanol–water partition coefficient (Wildman–Crippen LogP) is 1.95. The molecule has 2 N–H and O–H groups in total. The second kappa shape index (κ2) is 6.51. The Bertz CT molecular complexity index is 950. The fourth-order valence-electron chi connectivity index (χ4n) is 4.43. The summed E-state index contributed by atoms with van der Waals surface area (Å²) in [5, 5.41) is 11.1. The predicted molar refractivity (Wildman–Crippen MR) is 102 cm³/mol. The van der Waals surface area contributed by atoms with Crippen LogP contribution in [-0.4, -0.2) is 64.0 Å². The zero-order valence-corrected chi connectivity index (χ0v) is 15.3. The molecule has 3 aromatic rings. The number of carbonyl (C=O) groups excluding carboxylic acids is 1. The second-order valence-electron chi connectivity index (χ2n) is 7.54. The lowest BCUT2D eigenvalue weighted by Crippen LogP contribution is -2.59. The lowest BCUT2D eigenvalue weighted by Gasteiger charge is -2.46. The zero-order valence-electron chi connectivity index (χ0n) is 15.3. The molecule has 2 fully saturated rings. The zero-order chi connectivity index (χ0) is 18.4. The van der Waals surface area contributed by atoms with Gasteiger partial charge in [-0.15, -0.1) is 0 Å². The number of hydrogen-bond donors (Lipinski definition) is 2. The smallest absolute Gasteiger partial charge is 0.253 e. The highest BCUT2D eigenvalue weighted by Gasteiger charge is 2.37. The van der Waals surface area contributed by atoms with Gasteiger partial charge in [-0.3, -0.25) is 14.8 Å². The number of benzene rings is 1. The second-order valence-corrected chi connectivity index (χ2v) is 7.54. The minimum absolute atomic E-state index is 0.0120. The van der Waals surface area contributed by atoms with Gasteiger partial charge < -0.3 is 14.6 Å². The van der Waals surface area contributed by atoms with Gasteiger partial charge in [-0.05, 0) is 26.0 Å². The number of carbonyl (C=O) groups is 1. The van der Waals surface area contributed by atoms with Crippen molar-refractivity contribution in [3.63, 3.8) is 0 Å². The highest BCUT2D eigenvalue weighted by atomic mass is 16.5. The third-order valence-electron chi connectivity index (χ3n) is 5.94. The molecule has 0 spiro atoms. The molecular formula is C20H23N5O2. The quantitative estimate of drug-likeness (QED) is 0.744. The Morgan fingerprint density at radius 3 is 2.78 bits per heavy atom. The van der Waals surface area contributed by atoms with Crippen LogP contribution in [0.5, 0.6) is 0 Å². The van der Waals surface area contributed by atoms with Crippen molar-refractivity contribution >= 4 is 16.8 Å². The van der Waals surface area contributed by atoms with E-state index in [9.17, 15) is 4.79 Å². The van der Waals surface area contributed by atoms with Crippen molar-refractivity contribution in [1.82, 2.24) is 25.0 Å². The summed E-state index contributed by atoms with van der Waals surface area (Å²) in [7, 11) is 2.16. The lowest BCUT2D eigenvalue weighted by atomic mass is 9.90. The molecule has 2 aliphatic rings. The molecule has 2 saturated heterocycles. The molecule has 1 aromatic carbocycles. The normalized spacial score (nSPS) is 25.6. The molecule has 2 unspecified atom stereocenters. The summed E-state index contributed by atoms with van der Waals surface area (Å²) in [6.45, 7) is 1.50. The largest absolute Gasteiger partial charge is 0.378 e. The van der Waals surface area contributed by atoms with Crippen LogP contribution < -0.4 is 5.32 Å². The third kappa shape index (κ3) is 2.83. The highest BCUT2D eigenvalue weighted by Crippen LogP contribution is 2.28. The van der Waals surface area contributed by atoms with Crippen LogP contribution >= 0.6 is 0 Å². The maximum Gasteiger partial charge on any atom is 0.253 e. The van der Waals surface area contributed by atoms with E-state index in [1.165, 1.54) is 0 Å². The van der Waals surface area contributed by atoms with Gasteiger partial charge in [0.2, 0.25) is 0 Å². The summed E-state index contributed by atoms with van der Waals surface area (Å²) >= 11 is 0. The van der Waals surface area contributed by atoms with Gasteiger partial charge in [-0.25, -0.2) is 0 Å². The van der Waals surface area contributed by atoms with Gasteiger partial charge in [-0.2, -0.15) is 5.10 Å². The lowest BCUT2D eigenvalue weighted by molar-refractivity contribution is -0.0670.